The summed E-state index contributed by atoms with van der Waals surface area (Å²) in [6, 6.07) is 1.70. The monoisotopic (exact) mass is 511 g/mol. The fourth-order valence-electron chi connectivity index (χ4n) is 3.61. The van der Waals surface area contributed by atoms with Crippen molar-refractivity contribution in [3.05, 3.63) is 64.1 Å². The van der Waals surface area contributed by atoms with Gasteiger partial charge in [-0.15, -0.1) is 0 Å². The number of nitrogens with zero attached hydrogens (tertiary/aromatic N) is 2. The number of aromatic nitrogens is 1. The summed E-state index contributed by atoms with van der Waals surface area (Å²) in [5.74, 6) is -11.4. The Labute approximate surface area is 199 Å². The number of rotatable bonds is 6. The van der Waals surface area contributed by atoms with Gasteiger partial charge in [0.05, 0.1) is 13.5 Å². The van der Waals surface area contributed by atoms with Gasteiger partial charge in [-0.3, -0.25) is 19.5 Å². The van der Waals surface area contributed by atoms with Crippen molar-refractivity contribution in [2.24, 2.45) is 4.99 Å². The minimum atomic E-state index is -2.03. The Hall–Kier alpha value is -4.36. The number of allylic oxidation sites excluding steroid dienone is 1. The first-order valence-electron chi connectivity index (χ1n) is 10.3. The van der Waals surface area contributed by atoms with Gasteiger partial charge < -0.3 is 18.9 Å². The number of pyridine rings is 1. The molecule has 0 spiro atoms. The Balaban J connectivity index is 1.64. The molecule has 0 radical (unpaired) electrons. The second kappa shape index (κ2) is 9.36. The molecule has 14 heteroatoms. The zero-order valence-electron chi connectivity index (χ0n) is 18.6. The highest BCUT2D eigenvalue weighted by Crippen LogP contribution is 2.39. The summed E-state index contributed by atoms with van der Waals surface area (Å²) in [6.07, 6.45) is 1.58. The van der Waals surface area contributed by atoms with Crippen molar-refractivity contribution < 1.29 is 46.1 Å². The van der Waals surface area contributed by atoms with Crippen molar-refractivity contribution >= 4 is 29.3 Å². The van der Waals surface area contributed by atoms with Crippen LogP contribution in [-0.2, 0) is 19.0 Å². The maximum atomic E-state index is 14.0. The number of benzene rings is 1. The van der Waals surface area contributed by atoms with Crippen LogP contribution < -0.4 is 15.6 Å². The molecule has 4 rings (SSSR count). The number of carbonyl (C=O) groups excluding carboxylic acids is 2. The van der Waals surface area contributed by atoms with E-state index in [1.165, 1.54) is 31.3 Å². The van der Waals surface area contributed by atoms with Gasteiger partial charge in [0, 0.05) is 12.3 Å². The normalized spacial score (nSPS) is 20.8. The fraction of sp³-hybridized carbons (Fsp3) is 0.273. The van der Waals surface area contributed by atoms with Gasteiger partial charge in [-0.05, 0) is 19.1 Å². The molecule has 1 fully saturated rings. The summed E-state index contributed by atoms with van der Waals surface area (Å²) in [5, 5.41) is 2.26. The molecule has 1 amide bonds. The topological polar surface area (TPSA) is 117 Å². The molecule has 10 nitrogen and oxygen atoms in total. The lowest BCUT2D eigenvalue weighted by atomic mass is 10.1. The number of hydrogen-bond acceptors (Lipinski definition) is 8. The Kier molecular flexibility index (Phi) is 6.43. The van der Waals surface area contributed by atoms with Crippen molar-refractivity contribution in [3.8, 4) is 5.75 Å². The van der Waals surface area contributed by atoms with Crippen LogP contribution in [0.25, 0.3) is 5.70 Å². The molecule has 2 atom stereocenters. The predicted molar refractivity (Wildman–Crippen MR) is 114 cm³/mol. The average molecular weight is 511 g/mol. The Morgan fingerprint density at radius 2 is 1.94 bits per heavy atom. The lowest BCUT2D eigenvalue weighted by molar-refractivity contribution is -0.189. The molecule has 2 aliphatic rings. The van der Waals surface area contributed by atoms with E-state index in [9.17, 15) is 31.9 Å². The summed E-state index contributed by atoms with van der Waals surface area (Å²) in [5.41, 5.74) is -0.764. The zero-order valence-corrected chi connectivity index (χ0v) is 18.6. The SMILES string of the molecule is C/C=C(\C1=N[C@H]2CC(=O)O[C@@]2(COc2c(F)c(F)cc(F)c2F)O1)n1cccc(NC(=O)OC)c1=O. The van der Waals surface area contributed by atoms with E-state index in [0.29, 0.717) is 0 Å². The van der Waals surface area contributed by atoms with Gasteiger partial charge in [0.1, 0.15) is 17.4 Å². The highest BCUT2D eigenvalue weighted by molar-refractivity contribution is 6.14. The highest BCUT2D eigenvalue weighted by atomic mass is 19.2. The van der Waals surface area contributed by atoms with Gasteiger partial charge in [-0.2, -0.15) is 8.78 Å². The van der Waals surface area contributed by atoms with Gasteiger partial charge in [0.2, 0.25) is 17.5 Å². The smallest absolute Gasteiger partial charge is 0.411 e. The van der Waals surface area contributed by atoms with Crippen molar-refractivity contribution in [1.29, 1.82) is 0 Å². The molecular weight excluding hydrogens is 494 g/mol. The number of ether oxygens (including phenoxy) is 4. The number of carbonyl (C=O) groups is 2. The standard InChI is InChI=1S/C22H17F4N3O7/c1-3-13(29-6-4-5-12(20(29)31)27-21(32)33-2)19-28-14-8-15(30)35-22(14,36-19)9-34-18-16(25)10(23)7-11(24)17(18)26/h3-7,14H,8-9H2,1-2H3,(H,27,32)/b13-3+/t14-,22-/m0/s1. The number of aliphatic imine (C=N–C) groups is 1. The number of methoxy groups -OCH3 is 1. The number of amides is 1. The van der Waals surface area contributed by atoms with E-state index >= 15 is 0 Å². The molecule has 1 N–H and O–H groups in total. The quantitative estimate of drug-likeness (QED) is 0.360. The lowest BCUT2D eigenvalue weighted by Gasteiger charge is -2.26. The molecule has 3 heterocycles. The van der Waals surface area contributed by atoms with Gasteiger partial charge >= 0.3 is 17.8 Å². The zero-order chi connectivity index (χ0) is 26.2. The van der Waals surface area contributed by atoms with E-state index in [1.807, 2.05) is 0 Å². The second-order valence-electron chi connectivity index (χ2n) is 7.52. The third-order valence-corrected chi connectivity index (χ3v) is 5.31. The van der Waals surface area contributed by atoms with Crippen molar-refractivity contribution in [2.45, 2.75) is 25.2 Å². The second-order valence-corrected chi connectivity index (χ2v) is 7.52. The first-order valence-corrected chi connectivity index (χ1v) is 10.3. The molecule has 0 aliphatic carbocycles. The number of nitrogens with one attached hydrogen (secondary N) is 1. The first-order chi connectivity index (χ1) is 17.1. The summed E-state index contributed by atoms with van der Waals surface area (Å²) in [6.45, 7) is 0.653. The van der Waals surface area contributed by atoms with Crippen LogP contribution in [0.3, 0.4) is 0 Å². The number of anilines is 1. The fourth-order valence-corrected chi connectivity index (χ4v) is 3.61. The molecule has 1 aromatic heterocycles. The third-order valence-electron chi connectivity index (χ3n) is 5.31. The van der Waals surface area contributed by atoms with Crippen molar-refractivity contribution in [3.63, 3.8) is 0 Å². The van der Waals surface area contributed by atoms with Gasteiger partial charge in [-0.25, -0.2) is 18.6 Å². The number of hydrogen-bond donors (Lipinski definition) is 1. The highest BCUT2D eigenvalue weighted by Gasteiger charge is 2.58. The summed E-state index contributed by atoms with van der Waals surface area (Å²) >= 11 is 0. The number of halogens is 4. The van der Waals surface area contributed by atoms with E-state index in [-0.39, 0.29) is 29.8 Å². The molecule has 0 unspecified atom stereocenters. The van der Waals surface area contributed by atoms with Crippen LogP contribution in [0.2, 0.25) is 0 Å². The van der Waals surface area contributed by atoms with Crippen LogP contribution in [0.1, 0.15) is 13.3 Å². The molecule has 1 saturated heterocycles. The van der Waals surface area contributed by atoms with E-state index < -0.39 is 65.1 Å². The summed E-state index contributed by atoms with van der Waals surface area (Å²) in [7, 11) is 1.12. The molecule has 2 aliphatic heterocycles. The summed E-state index contributed by atoms with van der Waals surface area (Å²) < 4.78 is 76.6. The third kappa shape index (κ3) is 4.25. The van der Waals surface area contributed by atoms with Crippen LogP contribution in [-0.4, -0.2) is 48.1 Å². The van der Waals surface area contributed by atoms with E-state index in [1.54, 1.807) is 0 Å². The van der Waals surface area contributed by atoms with Crippen LogP contribution in [0.5, 0.6) is 5.75 Å². The lowest BCUT2D eigenvalue weighted by Crippen LogP contribution is -2.44. The largest absolute Gasteiger partial charge is 0.479 e. The maximum Gasteiger partial charge on any atom is 0.411 e. The molecule has 1 aromatic carbocycles. The minimum absolute atomic E-state index is 0.0146. The Bertz CT molecular complexity index is 1350. The van der Waals surface area contributed by atoms with E-state index in [2.05, 4.69) is 15.0 Å². The van der Waals surface area contributed by atoms with Crippen molar-refractivity contribution in [1.82, 2.24) is 4.57 Å². The van der Waals surface area contributed by atoms with Crippen molar-refractivity contribution in [2.75, 3.05) is 19.0 Å². The van der Waals surface area contributed by atoms with Gasteiger partial charge in [0.15, 0.2) is 24.0 Å². The predicted octanol–water partition coefficient (Wildman–Crippen LogP) is 2.96. The molecular formula is C22H17F4N3O7. The van der Waals surface area contributed by atoms with Gasteiger partial charge in [-0.1, -0.05) is 6.08 Å². The Morgan fingerprint density at radius 3 is 2.58 bits per heavy atom. The molecule has 2 aromatic rings. The first kappa shape index (κ1) is 24.8. The molecule has 36 heavy (non-hydrogen) atoms. The van der Waals surface area contributed by atoms with Crippen LogP contribution in [0.4, 0.5) is 28.0 Å². The molecule has 0 saturated carbocycles. The Morgan fingerprint density at radius 1 is 1.25 bits per heavy atom. The number of esters is 1. The summed E-state index contributed by atoms with van der Waals surface area (Å²) in [4.78, 5) is 40.6. The molecule has 0 bridgehead atoms. The average Bonchev–Trinajstić information content (AvgIpc) is 3.32. The van der Waals surface area contributed by atoms with E-state index in [4.69, 9.17) is 14.2 Å². The van der Waals surface area contributed by atoms with E-state index in [0.717, 1.165) is 11.7 Å². The van der Waals surface area contributed by atoms with Crippen LogP contribution >= 0.6 is 0 Å². The van der Waals surface area contributed by atoms with Crippen LogP contribution in [0.15, 0.2) is 40.3 Å². The van der Waals surface area contributed by atoms with Gasteiger partial charge in [0.25, 0.3) is 5.56 Å². The van der Waals surface area contributed by atoms with Crippen LogP contribution in [0, 0.1) is 23.3 Å². The molecule has 190 valence electrons. The maximum absolute atomic E-state index is 14.0. The minimum Gasteiger partial charge on any atom is -0.479 e. The number of fused-ring (bicyclic) bond motifs is 1.